The molecule has 0 aromatic carbocycles. The van der Waals surface area contributed by atoms with E-state index in [1.807, 2.05) is 0 Å². The quantitative estimate of drug-likeness (QED) is 0.498. The first-order valence-electron chi connectivity index (χ1n) is 3.42. The van der Waals surface area contributed by atoms with Gasteiger partial charge in [0.2, 0.25) is 0 Å². The molecule has 3 heteroatoms. The molecule has 10 heavy (non-hydrogen) atoms. The average molecular weight is 150 g/mol. The molecule has 0 heterocycles. The lowest BCUT2D eigenvalue weighted by atomic mass is 10.3. The third kappa shape index (κ3) is 24.8. The molecule has 0 saturated carbocycles. The molecule has 0 aromatic rings. The summed E-state index contributed by atoms with van der Waals surface area (Å²) in [6.07, 6.45) is -1.35. The number of rotatable bonds is 1. The Balaban J connectivity index is 0. The first-order valence-corrected chi connectivity index (χ1v) is 3.42. The van der Waals surface area contributed by atoms with Gasteiger partial charge in [-0.05, 0) is 27.7 Å². The van der Waals surface area contributed by atoms with Crippen molar-refractivity contribution in [1.82, 2.24) is 0 Å². The van der Waals surface area contributed by atoms with Crippen molar-refractivity contribution in [2.75, 3.05) is 0 Å². The SMILES string of the molecule is CC(C)O.CC(O)C(C)O. The van der Waals surface area contributed by atoms with Crippen LogP contribution in [0.5, 0.6) is 0 Å². The molecule has 0 radical (unpaired) electrons. The maximum atomic E-state index is 8.38. The lowest BCUT2D eigenvalue weighted by molar-refractivity contribution is 0.0438. The third-order valence-electron chi connectivity index (χ3n) is 0.698. The first kappa shape index (κ1) is 12.5. The summed E-state index contributed by atoms with van der Waals surface area (Å²) in [5, 5.41) is 24.8. The minimum atomic E-state index is -0.593. The van der Waals surface area contributed by atoms with E-state index in [4.69, 9.17) is 15.3 Å². The van der Waals surface area contributed by atoms with Crippen LogP contribution in [0.25, 0.3) is 0 Å². The second-order valence-corrected chi connectivity index (χ2v) is 2.57. The van der Waals surface area contributed by atoms with Crippen molar-refractivity contribution in [2.45, 2.75) is 46.0 Å². The molecule has 0 aromatic heterocycles. The largest absolute Gasteiger partial charge is 0.394 e. The van der Waals surface area contributed by atoms with Crippen LogP contribution in [-0.4, -0.2) is 33.6 Å². The van der Waals surface area contributed by atoms with Crippen molar-refractivity contribution in [1.29, 1.82) is 0 Å². The predicted molar refractivity (Wildman–Crippen MR) is 40.7 cm³/mol. The Morgan fingerprint density at radius 3 is 0.800 bits per heavy atom. The minimum absolute atomic E-state index is 0.167. The molecule has 0 fully saturated rings. The predicted octanol–water partition coefficient (Wildman–Crippen LogP) is 0.135. The summed E-state index contributed by atoms with van der Waals surface area (Å²) in [5.74, 6) is 0. The Morgan fingerprint density at radius 1 is 0.700 bits per heavy atom. The van der Waals surface area contributed by atoms with Gasteiger partial charge >= 0.3 is 0 Å². The average Bonchev–Trinajstić information content (AvgIpc) is 1.63. The van der Waals surface area contributed by atoms with Gasteiger partial charge in [-0.2, -0.15) is 0 Å². The van der Waals surface area contributed by atoms with Crippen molar-refractivity contribution in [3.8, 4) is 0 Å². The van der Waals surface area contributed by atoms with E-state index in [0.29, 0.717) is 0 Å². The van der Waals surface area contributed by atoms with Gasteiger partial charge in [0.15, 0.2) is 0 Å². The van der Waals surface area contributed by atoms with Crippen LogP contribution in [0.2, 0.25) is 0 Å². The summed E-state index contributed by atoms with van der Waals surface area (Å²) in [7, 11) is 0. The molecule has 3 N–H and O–H groups in total. The zero-order valence-corrected chi connectivity index (χ0v) is 7.07. The van der Waals surface area contributed by atoms with E-state index >= 15 is 0 Å². The van der Waals surface area contributed by atoms with Crippen molar-refractivity contribution >= 4 is 0 Å². The van der Waals surface area contributed by atoms with Gasteiger partial charge in [0.05, 0.1) is 12.2 Å². The van der Waals surface area contributed by atoms with E-state index in [-0.39, 0.29) is 6.10 Å². The fourth-order valence-corrected chi connectivity index (χ4v) is 0. The van der Waals surface area contributed by atoms with Crippen molar-refractivity contribution in [3.63, 3.8) is 0 Å². The van der Waals surface area contributed by atoms with Gasteiger partial charge in [-0.25, -0.2) is 0 Å². The highest BCUT2D eigenvalue weighted by Gasteiger charge is 1.99. The molecule has 0 spiro atoms. The molecule has 0 rings (SSSR count). The number of aliphatic hydroxyl groups is 3. The highest BCUT2D eigenvalue weighted by molar-refractivity contribution is 4.50. The fraction of sp³-hybridized carbons (Fsp3) is 1.00. The van der Waals surface area contributed by atoms with Crippen molar-refractivity contribution in [2.24, 2.45) is 0 Å². The summed E-state index contributed by atoms with van der Waals surface area (Å²) in [4.78, 5) is 0. The van der Waals surface area contributed by atoms with Crippen LogP contribution in [0.4, 0.5) is 0 Å². The Labute approximate surface area is 62.3 Å². The van der Waals surface area contributed by atoms with Gasteiger partial charge in [-0.15, -0.1) is 0 Å². The van der Waals surface area contributed by atoms with Crippen LogP contribution >= 0.6 is 0 Å². The maximum Gasteiger partial charge on any atom is 0.0768 e. The number of aliphatic hydroxyl groups excluding tert-OH is 3. The molecule has 0 bridgehead atoms. The minimum Gasteiger partial charge on any atom is -0.394 e. The van der Waals surface area contributed by atoms with E-state index in [2.05, 4.69) is 0 Å². The van der Waals surface area contributed by atoms with Crippen LogP contribution in [-0.2, 0) is 0 Å². The standard InChI is InChI=1S/C4H10O2.C3H8O/c1-3(5)4(2)6;1-3(2)4/h3-6H,1-2H3;3-4H,1-2H3. The molecule has 64 valence electrons. The summed E-state index contributed by atoms with van der Waals surface area (Å²) in [5.41, 5.74) is 0. The lowest BCUT2D eigenvalue weighted by Gasteiger charge is -2.03. The van der Waals surface area contributed by atoms with Crippen molar-refractivity contribution < 1.29 is 15.3 Å². The van der Waals surface area contributed by atoms with Gasteiger partial charge in [0, 0.05) is 6.10 Å². The van der Waals surface area contributed by atoms with Crippen LogP contribution in [0, 0.1) is 0 Å². The Kier molecular flexibility index (Phi) is 8.77. The maximum absolute atomic E-state index is 8.38. The van der Waals surface area contributed by atoms with E-state index in [1.54, 1.807) is 27.7 Å². The number of hydrogen-bond donors (Lipinski definition) is 3. The molecule has 0 aliphatic heterocycles. The summed E-state index contributed by atoms with van der Waals surface area (Å²) >= 11 is 0. The smallest absolute Gasteiger partial charge is 0.0768 e. The van der Waals surface area contributed by atoms with Crippen LogP contribution in [0.15, 0.2) is 0 Å². The monoisotopic (exact) mass is 150 g/mol. The van der Waals surface area contributed by atoms with Gasteiger partial charge in [-0.3, -0.25) is 0 Å². The molecule has 2 unspecified atom stereocenters. The Morgan fingerprint density at radius 2 is 0.800 bits per heavy atom. The molecular formula is C7H18O3. The molecule has 0 amide bonds. The zero-order valence-electron chi connectivity index (χ0n) is 7.07. The highest BCUT2D eigenvalue weighted by Crippen LogP contribution is 1.85. The first-order chi connectivity index (χ1) is 4.37. The van der Waals surface area contributed by atoms with Gasteiger partial charge in [-0.1, -0.05) is 0 Å². The lowest BCUT2D eigenvalue weighted by Crippen LogP contribution is -2.17. The second-order valence-electron chi connectivity index (χ2n) is 2.57. The second kappa shape index (κ2) is 6.99. The Hall–Kier alpha value is -0.120. The van der Waals surface area contributed by atoms with Gasteiger partial charge < -0.3 is 15.3 Å². The van der Waals surface area contributed by atoms with E-state index in [9.17, 15) is 0 Å². The van der Waals surface area contributed by atoms with Gasteiger partial charge in [0.25, 0.3) is 0 Å². The van der Waals surface area contributed by atoms with Crippen molar-refractivity contribution in [3.05, 3.63) is 0 Å². The number of hydrogen-bond acceptors (Lipinski definition) is 3. The Bertz CT molecular complexity index is 51.1. The summed E-state index contributed by atoms with van der Waals surface area (Å²) in [6, 6.07) is 0. The van der Waals surface area contributed by atoms with Crippen LogP contribution in [0.3, 0.4) is 0 Å². The van der Waals surface area contributed by atoms with E-state index in [0.717, 1.165) is 0 Å². The highest BCUT2D eigenvalue weighted by atomic mass is 16.3. The summed E-state index contributed by atoms with van der Waals surface area (Å²) in [6.45, 7) is 6.54. The normalized spacial score (nSPS) is 15.6. The molecule has 0 aliphatic carbocycles. The molecule has 0 aliphatic rings. The molecule has 2 atom stereocenters. The molecular weight excluding hydrogens is 132 g/mol. The molecule has 0 saturated heterocycles. The summed E-state index contributed by atoms with van der Waals surface area (Å²) < 4.78 is 0. The zero-order chi connectivity index (χ0) is 8.73. The topological polar surface area (TPSA) is 60.7 Å². The fourth-order valence-electron chi connectivity index (χ4n) is 0. The van der Waals surface area contributed by atoms with Crippen LogP contribution < -0.4 is 0 Å². The van der Waals surface area contributed by atoms with Gasteiger partial charge in [0.1, 0.15) is 0 Å². The van der Waals surface area contributed by atoms with Crippen LogP contribution in [0.1, 0.15) is 27.7 Å². The molecule has 3 nitrogen and oxygen atoms in total. The third-order valence-corrected chi connectivity index (χ3v) is 0.698. The van der Waals surface area contributed by atoms with E-state index in [1.165, 1.54) is 0 Å². The van der Waals surface area contributed by atoms with E-state index < -0.39 is 12.2 Å².